The summed E-state index contributed by atoms with van der Waals surface area (Å²) in [6.07, 6.45) is 0.598. The van der Waals surface area contributed by atoms with Crippen molar-refractivity contribution in [2.24, 2.45) is 0 Å². The van der Waals surface area contributed by atoms with Gasteiger partial charge in [-0.15, -0.1) is 0 Å². The van der Waals surface area contributed by atoms with Crippen LogP contribution in [0.1, 0.15) is 25.0 Å². The topological polar surface area (TPSA) is 84.9 Å². The van der Waals surface area contributed by atoms with Gasteiger partial charge >= 0.3 is 0 Å². The second-order valence-corrected chi connectivity index (χ2v) is 10.8. The van der Waals surface area contributed by atoms with Crippen molar-refractivity contribution < 1.29 is 22.7 Å². The number of anilines is 1. The van der Waals surface area contributed by atoms with Crippen LogP contribution in [0.3, 0.4) is 0 Å². The third-order valence-corrected chi connectivity index (χ3v) is 7.31. The first kappa shape index (κ1) is 26.1. The molecule has 0 aromatic heterocycles. The highest BCUT2D eigenvalue weighted by Gasteiger charge is 2.30. The van der Waals surface area contributed by atoms with Gasteiger partial charge in [-0.3, -0.25) is 9.10 Å². The summed E-state index contributed by atoms with van der Waals surface area (Å²) in [5.41, 5.74) is 1.71. The normalized spacial score (nSPS) is 11.6. The number of nitrogens with zero attached hydrogens (tertiary/aromatic N) is 1. The summed E-state index contributed by atoms with van der Waals surface area (Å²) in [4.78, 5) is 13.3. The molecular weight excluding hydrogens is 464 g/mol. The number of amides is 1. The molecule has 0 saturated heterocycles. The molecule has 0 aliphatic heterocycles. The van der Waals surface area contributed by atoms with Crippen LogP contribution < -0.4 is 19.1 Å². The SMILES string of the molecule is COc1ccc(N(CC(=O)NC(C)(C)Cc2ccccc2)S(=O)(=O)c2ccc(C)cc2)cc1OC. The fraction of sp³-hybridized carbons (Fsp3) is 0.296. The highest BCUT2D eigenvalue weighted by molar-refractivity contribution is 7.92. The quantitative estimate of drug-likeness (QED) is 0.451. The average Bonchev–Trinajstić information content (AvgIpc) is 2.82. The van der Waals surface area contributed by atoms with Crippen molar-refractivity contribution in [3.05, 3.63) is 83.9 Å². The van der Waals surface area contributed by atoms with Gasteiger partial charge in [-0.05, 0) is 57.0 Å². The van der Waals surface area contributed by atoms with Gasteiger partial charge in [-0.2, -0.15) is 0 Å². The number of hydrogen-bond acceptors (Lipinski definition) is 5. The maximum atomic E-state index is 13.7. The Balaban J connectivity index is 1.94. The number of hydrogen-bond donors (Lipinski definition) is 1. The number of nitrogens with one attached hydrogen (secondary N) is 1. The van der Waals surface area contributed by atoms with E-state index in [1.807, 2.05) is 51.1 Å². The molecule has 0 fully saturated rings. The molecule has 1 amide bonds. The second kappa shape index (κ2) is 10.8. The first-order valence-corrected chi connectivity index (χ1v) is 12.7. The Labute approximate surface area is 207 Å². The minimum absolute atomic E-state index is 0.0919. The summed E-state index contributed by atoms with van der Waals surface area (Å²) in [6.45, 7) is 5.30. The highest BCUT2D eigenvalue weighted by atomic mass is 32.2. The predicted molar refractivity (Wildman–Crippen MR) is 138 cm³/mol. The molecule has 0 atom stereocenters. The number of aryl methyl sites for hydroxylation is 1. The molecule has 186 valence electrons. The smallest absolute Gasteiger partial charge is 0.264 e. The van der Waals surface area contributed by atoms with Crippen LogP contribution in [0.25, 0.3) is 0 Å². The van der Waals surface area contributed by atoms with E-state index in [9.17, 15) is 13.2 Å². The zero-order valence-corrected chi connectivity index (χ0v) is 21.6. The Hall–Kier alpha value is -3.52. The van der Waals surface area contributed by atoms with E-state index in [-0.39, 0.29) is 4.90 Å². The standard InChI is InChI=1S/C27H32N2O5S/c1-20-11-14-23(15-12-20)35(31,32)29(22-13-16-24(33-4)25(17-22)34-5)19-26(30)28-27(2,3)18-21-9-7-6-8-10-21/h6-17H,18-19H2,1-5H3,(H,28,30). The van der Waals surface area contributed by atoms with Crippen molar-refractivity contribution in [1.82, 2.24) is 5.32 Å². The number of methoxy groups -OCH3 is 2. The fourth-order valence-electron chi connectivity index (χ4n) is 3.83. The average molecular weight is 497 g/mol. The van der Waals surface area contributed by atoms with Crippen LogP contribution in [0.4, 0.5) is 5.69 Å². The van der Waals surface area contributed by atoms with E-state index >= 15 is 0 Å². The van der Waals surface area contributed by atoms with Gasteiger partial charge in [0.1, 0.15) is 6.54 Å². The van der Waals surface area contributed by atoms with Crippen molar-refractivity contribution in [1.29, 1.82) is 0 Å². The molecule has 1 N–H and O–H groups in total. The molecular formula is C27H32N2O5S. The van der Waals surface area contributed by atoms with Gasteiger partial charge in [0.25, 0.3) is 10.0 Å². The lowest BCUT2D eigenvalue weighted by molar-refractivity contribution is -0.121. The molecule has 0 aliphatic carbocycles. The maximum absolute atomic E-state index is 13.7. The molecule has 0 unspecified atom stereocenters. The fourth-order valence-corrected chi connectivity index (χ4v) is 5.24. The van der Waals surface area contributed by atoms with Gasteiger partial charge < -0.3 is 14.8 Å². The zero-order chi connectivity index (χ0) is 25.6. The summed E-state index contributed by atoms with van der Waals surface area (Å²) >= 11 is 0. The van der Waals surface area contributed by atoms with Crippen LogP contribution in [-0.4, -0.2) is 40.6 Å². The lowest BCUT2D eigenvalue weighted by Gasteiger charge is -2.30. The summed E-state index contributed by atoms with van der Waals surface area (Å²) in [5.74, 6) is 0.396. The van der Waals surface area contributed by atoms with Crippen LogP contribution >= 0.6 is 0 Å². The molecule has 0 radical (unpaired) electrons. The van der Waals surface area contributed by atoms with Gasteiger partial charge in [-0.1, -0.05) is 48.0 Å². The van der Waals surface area contributed by atoms with Gasteiger partial charge in [0.05, 0.1) is 24.8 Å². The number of sulfonamides is 1. The molecule has 0 bridgehead atoms. The molecule has 0 heterocycles. The van der Waals surface area contributed by atoms with E-state index in [4.69, 9.17) is 9.47 Å². The lowest BCUT2D eigenvalue weighted by Crippen LogP contribution is -2.50. The lowest BCUT2D eigenvalue weighted by atomic mass is 9.95. The molecule has 3 rings (SSSR count). The third-order valence-electron chi connectivity index (χ3n) is 5.52. The first-order valence-electron chi connectivity index (χ1n) is 11.2. The van der Waals surface area contributed by atoms with E-state index in [0.717, 1.165) is 15.4 Å². The Kier molecular flexibility index (Phi) is 8.07. The van der Waals surface area contributed by atoms with E-state index < -0.39 is 28.0 Å². The Morgan fingerprint density at radius 2 is 1.54 bits per heavy atom. The minimum atomic E-state index is -4.05. The number of rotatable bonds is 10. The van der Waals surface area contributed by atoms with Crippen molar-refractivity contribution in [3.63, 3.8) is 0 Å². The minimum Gasteiger partial charge on any atom is -0.493 e. The van der Waals surface area contributed by atoms with Crippen LogP contribution in [0.2, 0.25) is 0 Å². The summed E-state index contributed by atoms with van der Waals surface area (Å²) < 4.78 is 39.1. The van der Waals surface area contributed by atoms with E-state index in [0.29, 0.717) is 23.6 Å². The summed E-state index contributed by atoms with van der Waals surface area (Å²) in [6, 6.07) is 21.1. The maximum Gasteiger partial charge on any atom is 0.264 e. The Morgan fingerprint density at radius 1 is 0.914 bits per heavy atom. The van der Waals surface area contributed by atoms with E-state index in [1.165, 1.54) is 26.4 Å². The summed E-state index contributed by atoms with van der Waals surface area (Å²) in [5, 5.41) is 2.99. The molecule has 3 aromatic rings. The van der Waals surface area contributed by atoms with Crippen molar-refractivity contribution in [2.75, 3.05) is 25.1 Å². The Bertz CT molecular complexity index is 1260. The molecule has 0 saturated carbocycles. The highest BCUT2D eigenvalue weighted by Crippen LogP contribution is 2.33. The monoisotopic (exact) mass is 496 g/mol. The van der Waals surface area contributed by atoms with Crippen molar-refractivity contribution >= 4 is 21.6 Å². The zero-order valence-electron chi connectivity index (χ0n) is 20.7. The van der Waals surface area contributed by atoms with Crippen molar-refractivity contribution in [2.45, 2.75) is 37.6 Å². The van der Waals surface area contributed by atoms with Crippen LogP contribution in [0.15, 0.2) is 77.7 Å². The molecule has 8 heteroatoms. The van der Waals surface area contributed by atoms with Gasteiger partial charge in [-0.25, -0.2) is 8.42 Å². The predicted octanol–water partition coefficient (Wildman–Crippen LogP) is 4.35. The molecule has 0 aliphatic rings. The number of benzene rings is 3. The van der Waals surface area contributed by atoms with Crippen LogP contribution in [0.5, 0.6) is 11.5 Å². The Morgan fingerprint density at radius 3 is 2.14 bits per heavy atom. The van der Waals surface area contributed by atoms with E-state index in [2.05, 4.69) is 5.32 Å². The molecule has 7 nitrogen and oxygen atoms in total. The van der Waals surface area contributed by atoms with E-state index in [1.54, 1.807) is 30.3 Å². The van der Waals surface area contributed by atoms with Crippen LogP contribution in [-0.2, 0) is 21.2 Å². The van der Waals surface area contributed by atoms with Gasteiger partial charge in [0, 0.05) is 11.6 Å². The molecule has 3 aromatic carbocycles. The third kappa shape index (κ3) is 6.54. The molecule has 0 spiro atoms. The molecule has 35 heavy (non-hydrogen) atoms. The van der Waals surface area contributed by atoms with Crippen LogP contribution in [0, 0.1) is 6.92 Å². The number of carbonyl (C=O) groups is 1. The number of carbonyl (C=O) groups excluding carboxylic acids is 1. The largest absolute Gasteiger partial charge is 0.493 e. The first-order chi connectivity index (χ1) is 16.6. The van der Waals surface area contributed by atoms with Gasteiger partial charge in [0.2, 0.25) is 5.91 Å². The number of ether oxygens (including phenoxy) is 2. The second-order valence-electron chi connectivity index (χ2n) is 8.96. The van der Waals surface area contributed by atoms with Crippen molar-refractivity contribution in [3.8, 4) is 11.5 Å². The van der Waals surface area contributed by atoms with Gasteiger partial charge in [0.15, 0.2) is 11.5 Å². The summed E-state index contributed by atoms with van der Waals surface area (Å²) in [7, 11) is -1.08.